The summed E-state index contributed by atoms with van der Waals surface area (Å²) in [7, 11) is 0. The van der Waals surface area contributed by atoms with E-state index >= 15 is 0 Å². The Balaban J connectivity index is 1.62. The van der Waals surface area contributed by atoms with Gasteiger partial charge >= 0.3 is 5.97 Å². The van der Waals surface area contributed by atoms with Gasteiger partial charge in [-0.1, -0.05) is 60.3 Å². The lowest BCUT2D eigenvalue weighted by atomic mass is 10.1. The number of rotatable bonds is 8. The van der Waals surface area contributed by atoms with E-state index in [4.69, 9.17) is 4.74 Å². The van der Waals surface area contributed by atoms with Crippen molar-refractivity contribution < 1.29 is 14.3 Å². The first kappa shape index (κ1) is 20.7. The van der Waals surface area contributed by atoms with Gasteiger partial charge in [0.25, 0.3) is 5.91 Å². The lowest BCUT2D eigenvalue weighted by Crippen LogP contribution is -2.37. The summed E-state index contributed by atoms with van der Waals surface area (Å²) in [5.74, 6) is -0.919. The number of hydrogen-bond acceptors (Lipinski definition) is 5. The van der Waals surface area contributed by atoms with Crippen LogP contribution in [0.3, 0.4) is 0 Å². The minimum Gasteiger partial charge on any atom is -0.448 e. The molecule has 0 aliphatic heterocycles. The molecular formula is C22H23N3O3S. The fraction of sp³-hybridized carbons (Fsp3) is 0.227. The number of nitrogens with zero attached hydrogens (tertiary/aromatic N) is 2. The first-order valence-corrected chi connectivity index (χ1v) is 10.5. The van der Waals surface area contributed by atoms with Crippen LogP contribution in [0.1, 0.15) is 23.0 Å². The van der Waals surface area contributed by atoms with Crippen LogP contribution in [0.15, 0.2) is 72.0 Å². The van der Waals surface area contributed by atoms with Gasteiger partial charge in [0.05, 0.1) is 6.20 Å². The fourth-order valence-corrected chi connectivity index (χ4v) is 3.39. The van der Waals surface area contributed by atoms with Crippen LogP contribution in [0.4, 0.5) is 0 Å². The van der Waals surface area contributed by atoms with E-state index in [2.05, 4.69) is 10.3 Å². The van der Waals surface area contributed by atoms with Gasteiger partial charge in [-0.25, -0.2) is 9.78 Å². The van der Waals surface area contributed by atoms with E-state index in [0.717, 1.165) is 11.3 Å². The van der Waals surface area contributed by atoms with Crippen LogP contribution in [-0.2, 0) is 16.0 Å². The summed E-state index contributed by atoms with van der Waals surface area (Å²) < 4.78 is 7.13. The molecule has 0 radical (unpaired) electrons. The van der Waals surface area contributed by atoms with Crippen molar-refractivity contribution >= 4 is 23.6 Å². The number of esters is 1. The van der Waals surface area contributed by atoms with Gasteiger partial charge in [-0.2, -0.15) is 0 Å². The highest BCUT2D eigenvalue weighted by Gasteiger charge is 2.23. The van der Waals surface area contributed by atoms with Crippen LogP contribution >= 0.6 is 11.8 Å². The number of thioether (sulfide) groups is 1. The Kier molecular flexibility index (Phi) is 7.08. The molecule has 3 aromatic rings. The lowest BCUT2D eigenvalue weighted by molar-refractivity contribution is -0.129. The highest BCUT2D eigenvalue weighted by molar-refractivity contribution is 7.98. The smallest absolute Gasteiger partial charge is 0.357 e. The molecule has 0 bridgehead atoms. The molecule has 1 amide bonds. The van der Waals surface area contributed by atoms with E-state index in [9.17, 15) is 9.59 Å². The first-order valence-electron chi connectivity index (χ1n) is 9.30. The van der Waals surface area contributed by atoms with Crippen LogP contribution < -0.4 is 5.32 Å². The summed E-state index contributed by atoms with van der Waals surface area (Å²) in [6.45, 7) is 2.04. The third-order valence-corrected chi connectivity index (χ3v) is 5.00. The zero-order chi connectivity index (χ0) is 20.6. The third kappa shape index (κ3) is 5.26. The molecule has 7 heteroatoms. The van der Waals surface area contributed by atoms with Crippen LogP contribution in [0, 0.1) is 0 Å². The van der Waals surface area contributed by atoms with Crippen LogP contribution in [0.25, 0.3) is 5.69 Å². The van der Waals surface area contributed by atoms with Gasteiger partial charge in [0, 0.05) is 12.2 Å². The second-order valence-electron chi connectivity index (χ2n) is 6.38. The molecule has 1 atom stereocenters. The summed E-state index contributed by atoms with van der Waals surface area (Å²) in [4.78, 5) is 29.3. The molecule has 3 rings (SSSR count). The Morgan fingerprint density at radius 2 is 1.76 bits per heavy atom. The average Bonchev–Trinajstić information content (AvgIpc) is 3.19. The van der Waals surface area contributed by atoms with Gasteiger partial charge in [0.2, 0.25) is 0 Å². The first-order chi connectivity index (χ1) is 14.1. The number of para-hydroxylation sites is 1. The van der Waals surface area contributed by atoms with Crippen molar-refractivity contribution in [2.75, 3.05) is 12.8 Å². The van der Waals surface area contributed by atoms with E-state index in [1.54, 1.807) is 11.5 Å². The Morgan fingerprint density at radius 1 is 1.10 bits per heavy atom. The maximum absolute atomic E-state index is 12.7. The number of benzene rings is 2. The SMILES string of the molecule is CSc1ncc(C(=O)OC(C)C(=O)NCCc2ccccc2)n1-c1ccccc1. The molecule has 0 aliphatic rings. The van der Waals surface area contributed by atoms with Crippen molar-refractivity contribution in [3.8, 4) is 5.69 Å². The van der Waals surface area contributed by atoms with E-state index in [0.29, 0.717) is 18.1 Å². The minimum absolute atomic E-state index is 0.282. The molecule has 150 valence electrons. The molecule has 1 N–H and O–H groups in total. The van der Waals surface area contributed by atoms with Crippen molar-refractivity contribution in [2.24, 2.45) is 0 Å². The third-order valence-electron chi connectivity index (χ3n) is 4.34. The molecule has 29 heavy (non-hydrogen) atoms. The molecule has 1 heterocycles. The van der Waals surface area contributed by atoms with E-state index in [1.807, 2.05) is 66.9 Å². The second-order valence-corrected chi connectivity index (χ2v) is 7.15. The van der Waals surface area contributed by atoms with Crippen LogP contribution in [-0.4, -0.2) is 40.3 Å². The van der Waals surface area contributed by atoms with Crippen molar-refractivity contribution in [2.45, 2.75) is 24.6 Å². The number of carbonyl (C=O) groups excluding carboxylic acids is 2. The molecule has 2 aromatic carbocycles. The normalized spacial score (nSPS) is 11.7. The van der Waals surface area contributed by atoms with Crippen molar-refractivity contribution in [3.63, 3.8) is 0 Å². The Bertz CT molecular complexity index is 958. The fourth-order valence-electron chi connectivity index (χ4n) is 2.84. The summed E-state index contributed by atoms with van der Waals surface area (Å²) in [5, 5.41) is 3.48. The molecular weight excluding hydrogens is 386 g/mol. The number of hydrogen-bond donors (Lipinski definition) is 1. The van der Waals surface area contributed by atoms with Crippen molar-refractivity contribution in [1.29, 1.82) is 0 Å². The monoisotopic (exact) mass is 409 g/mol. The van der Waals surface area contributed by atoms with Crippen molar-refractivity contribution in [1.82, 2.24) is 14.9 Å². The van der Waals surface area contributed by atoms with Gasteiger partial charge < -0.3 is 10.1 Å². The standard InChI is InChI=1S/C22H23N3O3S/c1-16(20(26)23-14-13-17-9-5-3-6-10-17)28-21(27)19-15-24-22(29-2)25(19)18-11-7-4-8-12-18/h3-12,15-16H,13-14H2,1-2H3,(H,23,26). The van der Waals surface area contributed by atoms with Gasteiger partial charge in [0.1, 0.15) is 0 Å². The number of imidazole rings is 1. The molecule has 0 spiro atoms. The maximum Gasteiger partial charge on any atom is 0.357 e. The lowest BCUT2D eigenvalue weighted by Gasteiger charge is -2.15. The van der Waals surface area contributed by atoms with Crippen LogP contribution in [0.5, 0.6) is 0 Å². The van der Waals surface area contributed by atoms with Gasteiger partial charge in [-0.05, 0) is 37.3 Å². The highest BCUT2D eigenvalue weighted by Crippen LogP contribution is 2.22. The largest absolute Gasteiger partial charge is 0.448 e. The van der Waals surface area contributed by atoms with Gasteiger partial charge in [0.15, 0.2) is 17.0 Å². The van der Waals surface area contributed by atoms with Crippen LogP contribution in [0.2, 0.25) is 0 Å². The molecule has 6 nitrogen and oxygen atoms in total. The van der Waals surface area contributed by atoms with E-state index in [-0.39, 0.29) is 11.6 Å². The van der Waals surface area contributed by atoms with E-state index < -0.39 is 12.1 Å². The van der Waals surface area contributed by atoms with Crippen molar-refractivity contribution in [3.05, 3.63) is 78.1 Å². The summed E-state index contributed by atoms with van der Waals surface area (Å²) >= 11 is 1.43. The molecule has 0 fully saturated rings. The molecule has 1 unspecified atom stereocenters. The Labute approximate surface area is 174 Å². The average molecular weight is 410 g/mol. The Hall–Kier alpha value is -3.06. The second kappa shape index (κ2) is 9.93. The van der Waals surface area contributed by atoms with Gasteiger partial charge in [-0.15, -0.1) is 0 Å². The summed E-state index contributed by atoms with van der Waals surface area (Å²) in [6.07, 6.45) is 3.17. The topological polar surface area (TPSA) is 73.2 Å². The number of ether oxygens (including phenoxy) is 1. The predicted molar refractivity (Wildman–Crippen MR) is 113 cm³/mol. The number of amides is 1. The summed E-state index contributed by atoms with van der Waals surface area (Å²) in [5.41, 5.74) is 2.22. The van der Waals surface area contributed by atoms with E-state index in [1.165, 1.54) is 18.0 Å². The minimum atomic E-state index is -0.907. The highest BCUT2D eigenvalue weighted by atomic mass is 32.2. The molecule has 0 saturated carbocycles. The number of aromatic nitrogens is 2. The number of carbonyl (C=O) groups is 2. The quantitative estimate of drug-likeness (QED) is 0.455. The zero-order valence-electron chi connectivity index (χ0n) is 16.4. The maximum atomic E-state index is 12.7. The number of nitrogens with one attached hydrogen (secondary N) is 1. The molecule has 0 aliphatic carbocycles. The zero-order valence-corrected chi connectivity index (χ0v) is 17.2. The molecule has 1 aromatic heterocycles. The Morgan fingerprint density at radius 3 is 2.41 bits per heavy atom. The van der Waals surface area contributed by atoms with Gasteiger partial charge in [-0.3, -0.25) is 9.36 Å². The molecule has 0 saturated heterocycles. The summed E-state index contributed by atoms with van der Waals surface area (Å²) in [6, 6.07) is 19.3. The predicted octanol–water partition coefficient (Wildman–Crippen LogP) is 3.50.